The third-order valence-electron chi connectivity index (χ3n) is 5.28. The minimum atomic E-state index is -0.0878. The second-order valence-electron chi connectivity index (χ2n) is 7.08. The van der Waals surface area contributed by atoms with Crippen molar-refractivity contribution in [3.05, 3.63) is 30.1 Å². The number of aryl methyl sites for hydroxylation is 1. The highest BCUT2D eigenvalue weighted by Gasteiger charge is 2.23. The number of piperidine rings is 1. The van der Waals surface area contributed by atoms with Gasteiger partial charge in [0.25, 0.3) is 0 Å². The lowest BCUT2D eigenvalue weighted by atomic mass is 9.84. The summed E-state index contributed by atoms with van der Waals surface area (Å²) in [4.78, 5) is 17.1. The van der Waals surface area contributed by atoms with Crippen LogP contribution in [0.25, 0.3) is 11.0 Å². The number of carbonyl (C=O) groups is 1. The summed E-state index contributed by atoms with van der Waals surface area (Å²) in [6, 6.07) is 7.97. The van der Waals surface area contributed by atoms with Crippen LogP contribution in [0.15, 0.2) is 24.3 Å². The fraction of sp³-hybridized carbons (Fsp3) is 0.579. The maximum absolute atomic E-state index is 12.4. The lowest BCUT2D eigenvalue weighted by molar-refractivity contribution is -0.123. The molecule has 0 radical (unpaired) electrons. The van der Waals surface area contributed by atoms with Crippen molar-refractivity contribution in [1.29, 1.82) is 0 Å². The van der Waals surface area contributed by atoms with E-state index in [1.165, 1.54) is 12.8 Å². The van der Waals surface area contributed by atoms with Gasteiger partial charge in [-0.1, -0.05) is 19.1 Å². The molecule has 3 rings (SSSR count). The van der Waals surface area contributed by atoms with Gasteiger partial charge in [-0.05, 0) is 56.8 Å². The highest BCUT2D eigenvalue weighted by Crippen LogP contribution is 2.25. The van der Waals surface area contributed by atoms with E-state index in [1.54, 1.807) is 0 Å². The normalized spacial score (nSPS) is 17.0. The molecule has 0 spiro atoms. The Labute approximate surface area is 168 Å². The Morgan fingerprint density at radius 3 is 2.58 bits per heavy atom. The fourth-order valence-electron chi connectivity index (χ4n) is 3.79. The van der Waals surface area contributed by atoms with Crippen LogP contribution in [0.2, 0.25) is 0 Å². The molecule has 2 aromatic rings. The summed E-state index contributed by atoms with van der Waals surface area (Å²) in [5.41, 5.74) is 2.07. The first-order valence-corrected chi connectivity index (χ1v) is 8.97. The SMILES string of the molecule is CC(NC(=O)CC(C)C1CCNCC1)c1nc2ccccc2n1C.Cl.Cl. The van der Waals surface area contributed by atoms with E-state index >= 15 is 0 Å². The van der Waals surface area contributed by atoms with Crippen molar-refractivity contribution in [2.75, 3.05) is 13.1 Å². The monoisotopic (exact) mass is 400 g/mol. The van der Waals surface area contributed by atoms with Gasteiger partial charge in [-0.2, -0.15) is 0 Å². The second kappa shape index (κ2) is 10.1. The Hall–Kier alpha value is -1.30. The molecule has 1 aromatic heterocycles. The van der Waals surface area contributed by atoms with E-state index in [1.807, 2.05) is 32.2 Å². The van der Waals surface area contributed by atoms with Gasteiger partial charge in [0.1, 0.15) is 5.82 Å². The number of hydrogen-bond donors (Lipinski definition) is 2. The highest BCUT2D eigenvalue weighted by atomic mass is 35.5. The molecule has 5 nitrogen and oxygen atoms in total. The van der Waals surface area contributed by atoms with Crippen molar-refractivity contribution >= 4 is 41.8 Å². The Morgan fingerprint density at radius 2 is 1.92 bits per heavy atom. The summed E-state index contributed by atoms with van der Waals surface area (Å²) >= 11 is 0. The molecule has 146 valence electrons. The quantitative estimate of drug-likeness (QED) is 0.805. The topological polar surface area (TPSA) is 59.0 Å². The van der Waals surface area contributed by atoms with Gasteiger partial charge >= 0.3 is 0 Å². The number of benzene rings is 1. The summed E-state index contributed by atoms with van der Waals surface area (Å²) < 4.78 is 2.07. The van der Waals surface area contributed by atoms with Gasteiger partial charge < -0.3 is 15.2 Å². The Bertz CT molecular complexity index is 713. The number of imidazole rings is 1. The maximum Gasteiger partial charge on any atom is 0.220 e. The summed E-state index contributed by atoms with van der Waals surface area (Å²) in [6.07, 6.45) is 2.95. The van der Waals surface area contributed by atoms with E-state index in [2.05, 4.69) is 33.2 Å². The third-order valence-corrected chi connectivity index (χ3v) is 5.28. The van der Waals surface area contributed by atoms with Crippen molar-refractivity contribution in [1.82, 2.24) is 20.2 Å². The number of halogens is 2. The number of para-hydroxylation sites is 2. The van der Waals surface area contributed by atoms with Crippen LogP contribution in [0.1, 0.15) is 45.0 Å². The van der Waals surface area contributed by atoms with E-state index in [4.69, 9.17) is 0 Å². The molecule has 0 saturated carbocycles. The number of nitrogens with zero attached hydrogens (tertiary/aromatic N) is 2. The molecule has 2 heterocycles. The van der Waals surface area contributed by atoms with Crippen molar-refractivity contribution < 1.29 is 4.79 Å². The minimum absolute atomic E-state index is 0. The van der Waals surface area contributed by atoms with E-state index < -0.39 is 0 Å². The number of nitrogens with one attached hydrogen (secondary N) is 2. The molecule has 7 heteroatoms. The molecule has 0 aliphatic carbocycles. The lowest BCUT2D eigenvalue weighted by Gasteiger charge is -2.28. The molecule has 1 saturated heterocycles. The van der Waals surface area contributed by atoms with Crippen LogP contribution >= 0.6 is 24.8 Å². The number of hydrogen-bond acceptors (Lipinski definition) is 3. The molecule has 1 fully saturated rings. The Morgan fingerprint density at radius 1 is 1.27 bits per heavy atom. The van der Waals surface area contributed by atoms with Crippen LogP contribution in [-0.2, 0) is 11.8 Å². The van der Waals surface area contributed by atoms with Crippen LogP contribution in [0, 0.1) is 11.8 Å². The molecule has 2 unspecified atom stereocenters. The zero-order valence-electron chi connectivity index (χ0n) is 15.7. The Balaban J connectivity index is 0.00000169. The van der Waals surface area contributed by atoms with Gasteiger partial charge in [0, 0.05) is 13.5 Å². The first-order valence-electron chi connectivity index (χ1n) is 8.97. The Kier molecular flexibility index (Phi) is 8.87. The van der Waals surface area contributed by atoms with Crippen molar-refractivity contribution in [2.45, 2.75) is 39.2 Å². The summed E-state index contributed by atoms with van der Waals surface area (Å²) in [6.45, 7) is 6.36. The molecular weight excluding hydrogens is 371 g/mol. The predicted molar refractivity (Wildman–Crippen MR) is 111 cm³/mol. The van der Waals surface area contributed by atoms with Crippen LogP contribution in [0.4, 0.5) is 0 Å². The van der Waals surface area contributed by atoms with Gasteiger partial charge in [-0.25, -0.2) is 4.98 Å². The third kappa shape index (κ3) is 5.12. The standard InChI is InChI=1S/C19H28N4O.2ClH/c1-13(15-8-10-20-11-9-15)12-18(24)21-14(2)19-22-16-6-4-5-7-17(16)23(19)3;;/h4-7,13-15,20H,8-12H2,1-3H3,(H,21,24);2*1H. The molecule has 1 aliphatic rings. The molecule has 26 heavy (non-hydrogen) atoms. The van der Waals surface area contributed by atoms with Gasteiger partial charge in [-0.3, -0.25) is 4.79 Å². The predicted octanol–water partition coefficient (Wildman–Crippen LogP) is 3.62. The van der Waals surface area contributed by atoms with Gasteiger partial charge in [-0.15, -0.1) is 24.8 Å². The van der Waals surface area contributed by atoms with E-state index in [0.29, 0.717) is 18.3 Å². The molecular formula is C19H30Cl2N4O. The number of carbonyl (C=O) groups excluding carboxylic acids is 1. The first kappa shape index (κ1) is 22.7. The van der Waals surface area contributed by atoms with Crippen molar-refractivity contribution in [2.24, 2.45) is 18.9 Å². The van der Waals surface area contributed by atoms with Gasteiger partial charge in [0.2, 0.25) is 5.91 Å². The summed E-state index contributed by atoms with van der Waals surface area (Å²) in [5, 5.41) is 6.51. The van der Waals surface area contributed by atoms with Crippen LogP contribution in [0.3, 0.4) is 0 Å². The first-order chi connectivity index (χ1) is 11.6. The van der Waals surface area contributed by atoms with E-state index in [0.717, 1.165) is 29.9 Å². The number of aromatic nitrogens is 2. The average Bonchev–Trinajstić information content (AvgIpc) is 2.93. The molecule has 1 amide bonds. The average molecular weight is 401 g/mol. The molecule has 1 aliphatic heterocycles. The van der Waals surface area contributed by atoms with Gasteiger partial charge in [0.05, 0.1) is 17.1 Å². The molecule has 2 atom stereocenters. The zero-order valence-corrected chi connectivity index (χ0v) is 17.3. The molecule has 0 bridgehead atoms. The summed E-state index contributed by atoms with van der Waals surface area (Å²) in [5.74, 6) is 2.11. The highest BCUT2D eigenvalue weighted by molar-refractivity contribution is 5.85. The van der Waals surface area contributed by atoms with Crippen LogP contribution in [-0.4, -0.2) is 28.5 Å². The minimum Gasteiger partial charge on any atom is -0.346 e. The molecule has 1 aromatic carbocycles. The zero-order chi connectivity index (χ0) is 17.1. The van der Waals surface area contributed by atoms with Crippen molar-refractivity contribution in [3.8, 4) is 0 Å². The van der Waals surface area contributed by atoms with E-state index in [9.17, 15) is 4.79 Å². The number of amides is 1. The lowest BCUT2D eigenvalue weighted by Crippen LogP contribution is -2.34. The van der Waals surface area contributed by atoms with E-state index in [-0.39, 0.29) is 36.8 Å². The van der Waals surface area contributed by atoms with Crippen LogP contribution in [0.5, 0.6) is 0 Å². The number of fused-ring (bicyclic) bond motifs is 1. The fourth-order valence-corrected chi connectivity index (χ4v) is 3.79. The summed E-state index contributed by atoms with van der Waals surface area (Å²) in [7, 11) is 2.00. The second-order valence-corrected chi connectivity index (χ2v) is 7.08. The van der Waals surface area contributed by atoms with Crippen molar-refractivity contribution in [3.63, 3.8) is 0 Å². The largest absolute Gasteiger partial charge is 0.346 e. The van der Waals surface area contributed by atoms with Gasteiger partial charge in [0.15, 0.2) is 0 Å². The smallest absolute Gasteiger partial charge is 0.220 e. The molecule has 2 N–H and O–H groups in total. The maximum atomic E-state index is 12.4. The number of rotatable bonds is 5. The van der Waals surface area contributed by atoms with Crippen LogP contribution < -0.4 is 10.6 Å².